The van der Waals surface area contributed by atoms with Gasteiger partial charge in [0.05, 0.1) is 19.8 Å². The number of carbonyl (C=O) groups excluding carboxylic acids is 2. The topological polar surface area (TPSA) is 94.9 Å². The van der Waals surface area contributed by atoms with Crippen molar-refractivity contribution in [3.05, 3.63) is 59.2 Å². The van der Waals surface area contributed by atoms with Gasteiger partial charge in [-0.1, -0.05) is 18.2 Å². The van der Waals surface area contributed by atoms with Gasteiger partial charge in [0, 0.05) is 0 Å². The average Bonchev–Trinajstić information content (AvgIpc) is 2.70. The number of nitrogens with zero attached hydrogens (tertiary/aromatic N) is 1. The third-order valence-electron chi connectivity index (χ3n) is 3.80. The molecule has 0 aliphatic rings. The number of methoxy groups -OCH3 is 2. The minimum atomic E-state index is -0.867. The van der Waals surface area contributed by atoms with Crippen LogP contribution in [-0.2, 0) is 4.74 Å². The maximum atomic E-state index is 12.8. The molecule has 0 aromatic heterocycles. The van der Waals surface area contributed by atoms with Gasteiger partial charge in [0.25, 0.3) is 0 Å². The van der Waals surface area contributed by atoms with Crippen LogP contribution in [0.3, 0.4) is 0 Å². The van der Waals surface area contributed by atoms with Gasteiger partial charge in [0.1, 0.15) is 23.0 Å². The molecule has 0 saturated carbocycles. The van der Waals surface area contributed by atoms with Crippen molar-refractivity contribution in [2.24, 2.45) is 0 Å². The van der Waals surface area contributed by atoms with Gasteiger partial charge < -0.3 is 18.9 Å². The number of hydrogen-bond acceptors (Lipinski definition) is 7. The second kappa shape index (κ2) is 9.61. The second-order valence-electron chi connectivity index (χ2n) is 7.18. The van der Waals surface area contributed by atoms with E-state index in [0.717, 1.165) is 0 Å². The monoisotopic (exact) mass is 409 g/mol. The zero-order chi connectivity index (χ0) is 22.3. The molecule has 0 amide bonds. The first kappa shape index (κ1) is 22.5. The van der Waals surface area contributed by atoms with E-state index in [-0.39, 0.29) is 22.6 Å². The second-order valence-corrected chi connectivity index (χ2v) is 7.18. The maximum absolute atomic E-state index is 12.8. The predicted molar refractivity (Wildman–Crippen MR) is 111 cm³/mol. The van der Waals surface area contributed by atoms with Crippen LogP contribution in [0.1, 0.15) is 36.7 Å². The first-order chi connectivity index (χ1) is 14.2. The third kappa shape index (κ3) is 5.85. The lowest BCUT2D eigenvalue weighted by Gasteiger charge is -2.19. The normalized spacial score (nSPS) is 11.3. The molecule has 7 heteroatoms. The van der Waals surface area contributed by atoms with Crippen LogP contribution in [-0.4, -0.2) is 31.8 Å². The quantitative estimate of drug-likeness (QED) is 0.222. The Hall–Kier alpha value is -3.79. The maximum Gasteiger partial charge on any atom is 0.514 e. The van der Waals surface area contributed by atoms with Gasteiger partial charge in [-0.25, -0.2) is 4.79 Å². The zero-order valence-electron chi connectivity index (χ0n) is 17.5. The number of para-hydroxylation sites is 1. The molecule has 7 nitrogen and oxygen atoms in total. The first-order valence-electron chi connectivity index (χ1n) is 9.07. The summed E-state index contributed by atoms with van der Waals surface area (Å²) in [5.41, 5.74) is 0.0169. The van der Waals surface area contributed by atoms with Crippen molar-refractivity contribution in [2.75, 3.05) is 14.2 Å². The molecule has 0 radical (unpaired) electrons. The van der Waals surface area contributed by atoms with Gasteiger partial charge in [0.15, 0.2) is 11.5 Å². The lowest BCUT2D eigenvalue weighted by molar-refractivity contribution is 0.0201. The molecule has 2 aromatic carbocycles. The SMILES string of the molecule is COc1cc(/C=C(\C#N)C(=O)c2ccccc2OC)ccc1OC(=O)OC(C)(C)C. The largest absolute Gasteiger partial charge is 0.514 e. The molecule has 0 atom stereocenters. The van der Waals surface area contributed by atoms with Crippen molar-refractivity contribution in [1.29, 1.82) is 5.26 Å². The highest BCUT2D eigenvalue weighted by Crippen LogP contribution is 2.30. The Morgan fingerprint density at radius 3 is 2.23 bits per heavy atom. The molecule has 0 fully saturated rings. The summed E-state index contributed by atoms with van der Waals surface area (Å²) in [4.78, 5) is 24.7. The zero-order valence-corrected chi connectivity index (χ0v) is 17.5. The van der Waals surface area contributed by atoms with Crippen LogP contribution in [0.25, 0.3) is 6.08 Å². The fourth-order valence-electron chi connectivity index (χ4n) is 2.51. The lowest BCUT2D eigenvalue weighted by atomic mass is 10.0. The Morgan fingerprint density at radius 2 is 1.63 bits per heavy atom. The van der Waals surface area contributed by atoms with Crippen molar-refractivity contribution in [3.63, 3.8) is 0 Å². The number of carbonyl (C=O) groups is 2. The highest BCUT2D eigenvalue weighted by Gasteiger charge is 2.20. The summed E-state index contributed by atoms with van der Waals surface area (Å²) < 4.78 is 20.8. The molecule has 0 N–H and O–H groups in total. The fourth-order valence-corrected chi connectivity index (χ4v) is 2.51. The van der Waals surface area contributed by atoms with Gasteiger partial charge in [-0.05, 0) is 56.7 Å². The minimum absolute atomic E-state index is 0.0811. The van der Waals surface area contributed by atoms with Gasteiger partial charge in [-0.2, -0.15) is 5.26 Å². The summed E-state index contributed by atoms with van der Waals surface area (Å²) in [5.74, 6) is 0.306. The predicted octanol–water partition coefficient (Wildman–Crippen LogP) is 4.81. The summed E-state index contributed by atoms with van der Waals surface area (Å²) in [5, 5.41) is 9.49. The van der Waals surface area contributed by atoms with Crippen molar-refractivity contribution >= 4 is 18.0 Å². The van der Waals surface area contributed by atoms with Crippen molar-refractivity contribution in [1.82, 2.24) is 0 Å². The van der Waals surface area contributed by atoms with Crippen LogP contribution < -0.4 is 14.2 Å². The van der Waals surface area contributed by atoms with E-state index in [0.29, 0.717) is 11.3 Å². The molecule has 0 heterocycles. The number of allylic oxidation sites excluding steroid dienone is 1. The molecule has 0 aliphatic heterocycles. The summed E-state index contributed by atoms with van der Waals surface area (Å²) in [7, 11) is 2.87. The summed E-state index contributed by atoms with van der Waals surface area (Å²) in [6, 6.07) is 13.2. The number of ketones is 1. The van der Waals surface area contributed by atoms with E-state index in [1.54, 1.807) is 57.2 Å². The van der Waals surface area contributed by atoms with Gasteiger partial charge in [-0.3, -0.25) is 4.79 Å². The molecule has 30 heavy (non-hydrogen) atoms. The Kier molecular flexibility index (Phi) is 7.21. The van der Waals surface area contributed by atoms with E-state index >= 15 is 0 Å². The Balaban J connectivity index is 2.32. The van der Waals surface area contributed by atoms with E-state index in [4.69, 9.17) is 18.9 Å². The molecule has 2 aromatic rings. The first-order valence-corrected chi connectivity index (χ1v) is 9.07. The molecule has 2 rings (SSSR count). The average molecular weight is 409 g/mol. The molecule has 0 aliphatic carbocycles. The highest BCUT2D eigenvalue weighted by atomic mass is 16.7. The Morgan fingerprint density at radius 1 is 0.967 bits per heavy atom. The fraction of sp³-hybridized carbons (Fsp3) is 0.261. The summed E-state index contributed by atoms with van der Waals surface area (Å²) in [6.45, 7) is 5.17. The lowest BCUT2D eigenvalue weighted by Crippen LogP contribution is -2.26. The Labute approximate surface area is 175 Å². The number of Topliss-reactive ketones (excluding diaryl/α,β-unsaturated/α-hetero) is 1. The molecule has 0 bridgehead atoms. The van der Waals surface area contributed by atoms with Crippen molar-refractivity contribution in [2.45, 2.75) is 26.4 Å². The molecule has 156 valence electrons. The Bertz CT molecular complexity index is 1010. The van der Waals surface area contributed by atoms with E-state index in [2.05, 4.69) is 0 Å². The van der Waals surface area contributed by atoms with Crippen molar-refractivity contribution in [3.8, 4) is 23.3 Å². The number of nitriles is 1. The number of rotatable bonds is 6. The third-order valence-corrected chi connectivity index (χ3v) is 3.80. The van der Waals surface area contributed by atoms with Gasteiger partial charge >= 0.3 is 6.16 Å². The van der Waals surface area contributed by atoms with E-state index in [1.165, 1.54) is 26.4 Å². The van der Waals surface area contributed by atoms with Crippen molar-refractivity contribution < 1.29 is 28.5 Å². The van der Waals surface area contributed by atoms with Crippen LogP contribution in [0.15, 0.2) is 48.0 Å². The van der Waals surface area contributed by atoms with Crippen LogP contribution in [0, 0.1) is 11.3 Å². The number of benzene rings is 2. The van der Waals surface area contributed by atoms with E-state index < -0.39 is 17.5 Å². The molecule has 0 saturated heterocycles. The summed E-state index contributed by atoms with van der Waals surface area (Å²) >= 11 is 0. The molecular weight excluding hydrogens is 386 g/mol. The van der Waals surface area contributed by atoms with Crippen LogP contribution in [0.2, 0.25) is 0 Å². The highest BCUT2D eigenvalue weighted by molar-refractivity contribution is 6.15. The molecule has 0 spiro atoms. The minimum Gasteiger partial charge on any atom is -0.496 e. The number of hydrogen-bond donors (Lipinski definition) is 0. The smallest absolute Gasteiger partial charge is 0.496 e. The number of ether oxygens (including phenoxy) is 4. The van der Waals surface area contributed by atoms with Crippen LogP contribution >= 0.6 is 0 Å². The molecular formula is C23H23NO6. The van der Waals surface area contributed by atoms with Gasteiger partial charge in [-0.15, -0.1) is 0 Å². The van der Waals surface area contributed by atoms with E-state index in [1.807, 2.05) is 6.07 Å². The standard InChI is InChI=1S/C23H23NO6/c1-23(2,3)30-22(26)29-19-11-10-15(13-20(19)28-5)12-16(14-24)21(25)17-8-6-7-9-18(17)27-4/h6-13H,1-5H3/b16-12+. The van der Waals surface area contributed by atoms with Crippen LogP contribution in [0.5, 0.6) is 17.2 Å². The van der Waals surface area contributed by atoms with Crippen LogP contribution in [0.4, 0.5) is 4.79 Å². The summed E-state index contributed by atoms with van der Waals surface area (Å²) in [6.07, 6.45) is 0.558. The van der Waals surface area contributed by atoms with E-state index in [9.17, 15) is 14.9 Å². The van der Waals surface area contributed by atoms with Gasteiger partial charge in [0.2, 0.25) is 5.78 Å². The molecule has 0 unspecified atom stereocenters.